The van der Waals surface area contributed by atoms with Crippen LogP contribution in [0.15, 0.2) is 30.5 Å². The highest BCUT2D eigenvalue weighted by Gasteiger charge is 2.25. The summed E-state index contributed by atoms with van der Waals surface area (Å²) in [6.07, 6.45) is 4.52. The molecule has 2 amide bonds. The standard InChI is InChI=1S/C16H19N5O2/c1-11-5-7-13(8-6-11)17-15(22)10-21-9-14(19-20-21)18-16(23)12-3-2-4-12/h5-9,12H,2-4,10H2,1H3,(H,17,22)(H,18,23). The lowest BCUT2D eigenvalue weighted by Gasteiger charge is -2.23. The number of carbonyl (C=O) groups excluding carboxylic acids is 2. The van der Waals surface area contributed by atoms with Crippen LogP contribution in [0, 0.1) is 12.8 Å². The van der Waals surface area contributed by atoms with Gasteiger partial charge in [0.2, 0.25) is 11.8 Å². The number of nitrogens with one attached hydrogen (secondary N) is 2. The van der Waals surface area contributed by atoms with Crippen molar-refractivity contribution in [3.8, 4) is 0 Å². The molecule has 1 saturated carbocycles. The van der Waals surface area contributed by atoms with E-state index in [1.54, 1.807) is 6.20 Å². The third-order valence-electron chi connectivity index (χ3n) is 3.91. The van der Waals surface area contributed by atoms with Crippen LogP contribution < -0.4 is 10.6 Å². The van der Waals surface area contributed by atoms with Gasteiger partial charge < -0.3 is 10.6 Å². The highest BCUT2D eigenvalue weighted by molar-refractivity contribution is 5.92. The van der Waals surface area contributed by atoms with E-state index in [1.807, 2.05) is 31.2 Å². The zero-order valence-corrected chi connectivity index (χ0v) is 13.0. The van der Waals surface area contributed by atoms with Gasteiger partial charge in [-0.2, -0.15) is 0 Å². The number of nitrogens with zero attached hydrogens (tertiary/aromatic N) is 3. The van der Waals surface area contributed by atoms with E-state index in [9.17, 15) is 9.59 Å². The van der Waals surface area contributed by atoms with Crippen LogP contribution in [0.5, 0.6) is 0 Å². The number of amides is 2. The first-order chi connectivity index (χ1) is 11.1. The molecular formula is C16H19N5O2. The summed E-state index contributed by atoms with van der Waals surface area (Å²) in [7, 11) is 0. The maximum Gasteiger partial charge on any atom is 0.246 e. The van der Waals surface area contributed by atoms with Crippen LogP contribution in [-0.2, 0) is 16.1 Å². The Kier molecular flexibility index (Phi) is 4.36. The number of aryl methyl sites for hydroxylation is 1. The van der Waals surface area contributed by atoms with Crippen molar-refractivity contribution >= 4 is 23.3 Å². The molecule has 0 unspecified atom stereocenters. The van der Waals surface area contributed by atoms with E-state index in [4.69, 9.17) is 0 Å². The van der Waals surface area contributed by atoms with Gasteiger partial charge >= 0.3 is 0 Å². The molecule has 0 radical (unpaired) electrons. The minimum absolute atomic E-state index is 0.0209. The van der Waals surface area contributed by atoms with Crippen LogP contribution in [-0.4, -0.2) is 26.8 Å². The maximum absolute atomic E-state index is 12.0. The first kappa shape index (κ1) is 15.2. The Bertz CT molecular complexity index is 704. The summed E-state index contributed by atoms with van der Waals surface area (Å²) < 4.78 is 1.40. The molecule has 3 rings (SSSR count). The van der Waals surface area contributed by atoms with Crippen molar-refractivity contribution in [3.63, 3.8) is 0 Å². The van der Waals surface area contributed by atoms with E-state index >= 15 is 0 Å². The summed E-state index contributed by atoms with van der Waals surface area (Å²) >= 11 is 0. The van der Waals surface area contributed by atoms with Gasteiger partial charge in [-0.25, -0.2) is 4.68 Å². The van der Waals surface area contributed by atoms with Crippen LogP contribution in [0.3, 0.4) is 0 Å². The van der Waals surface area contributed by atoms with Gasteiger partial charge in [-0.3, -0.25) is 9.59 Å². The normalized spacial score (nSPS) is 14.1. The van der Waals surface area contributed by atoms with Crippen LogP contribution in [0.2, 0.25) is 0 Å². The lowest BCUT2D eigenvalue weighted by Crippen LogP contribution is -2.28. The monoisotopic (exact) mass is 313 g/mol. The molecule has 1 aromatic heterocycles. The van der Waals surface area contributed by atoms with Gasteiger partial charge in [0.05, 0.1) is 6.20 Å². The van der Waals surface area contributed by atoms with Crippen molar-refractivity contribution in [2.75, 3.05) is 10.6 Å². The number of anilines is 2. The van der Waals surface area contributed by atoms with Gasteiger partial charge in [-0.1, -0.05) is 29.3 Å². The molecule has 0 saturated heterocycles. The number of benzene rings is 1. The largest absolute Gasteiger partial charge is 0.324 e. The molecule has 1 aliphatic carbocycles. The van der Waals surface area contributed by atoms with Crippen molar-refractivity contribution in [3.05, 3.63) is 36.0 Å². The number of aromatic nitrogens is 3. The Labute approximate surface area is 134 Å². The third kappa shape index (κ3) is 3.94. The molecule has 120 valence electrons. The Morgan fingerprint density at radius 3 is 2.61 bits per heavy atom. The highest BCUT2D eigenvalue weighted by Crippen LogP contribution is 2.27. The second-order valence-electron chi connectivity index (χ2n) is 5.83. The van der Waals surface area contributed by atoms with E-state index in [-0.39, 0.29) is 24.3 Å². The lowest BCUT2D eigenvalue weighted by atomic mass is 9.85. The Balaban J connectivity index is 1.52. The van der Waals surface area contributed by atoms with Crippen molar-refractivity contribution in [2.24, 2.45) is 5.92 Å². The molecule has 7 nitrogen and oxygen atoms in total. The Hall–Kier alpha value is -2.70. The van der Waals surface area contributed by atoms with Crippen molar-refractivity contribution in [1.29, 1.82) is 0 Å². The van der Waals surface area contributed by atoms with Gasteiger partial charge in [0, 0.05) is 11.6 Å². The van der Waals surface area contributed by atoms with Crippen molar-refractivity contribution < 1.29 is 9.59 Å². The first-order valence-electron chi connectivity index (χ1n) is 7.68. The fraction of sp³-hybridized carbons (Fsp3) is 0.375. The van der Waals surface area contributed by atoms with Gasteiger partial charge in [0.25, 0.3) is 0 Å². The molecule has 0 aliphatic heterocycles. The van der Waals surface area contributed by atoms with E-state index in [2.05, 4.69) is 20.9 Å². The summed E-state index contributed by atoms with van der Waals surface area (Å²) in [6, 6.07) is 7.55. The summed E-state index contributed by atoms with van der Waals surface area (Å²) in [5.74, 6) is 0.248. The van der Waals surface area contributed by atoms with E-state index in [0.717, 1.165) is 30.5 Å². The molecular weight excluding hydrogens is 294 g/mol. The smallest absolute Gasteiger partial charge is 0.246 e. The molecule has 1 fully saturated rings. The van der Waals surface area contributed by atoms with E-state index in [1.165, 1.54) is 4.68 Å². The molecule has 7 heteroatoms. The molecule has 1 aromatic carbocycles. The second kappa shape index (κ2) is 6.60. The van der Waals surface area contributed by atoms with Crippen molar-refractivity contribution in [1.82, 2.24) is 15.0 Å². The molecule has 23 heavy (non-hydrogen) atoms. The molecule has 2 aromatic rings. The average molecular weight is 313 g/mol. The summed E-state index contributed by atoms with van der Waals surface area (Å²) in [6.45, 7) is 2.03. The fourth-order valence-electron chi connectivity index (χ4n) is 2.32. The molecule has 0 atom stereocenters. The lowest BCUT2D eigenvalue weighted by molar-refractivity contribution is -0.122. The molecule has 0 bridgehead atoms. The van der Waals surface area contributed by atoms with Crippen LogP contribution in [0.25, 0.3) is 0 Å². The number of carbonyl (C=O) groups is 2. The number of hydrogen-bond donors (Lipinski definition) is 2. The molecule has 1 aliphatic rings. The summed E-state index contributed by atoms with van der Waals surface area (Å²) in [5, 5.41) is 13.2. The van der Waals surface area contributed by atoms with E-state index in [0.29, 0.717) is 5.82 Å². The third-order valence-corrected chi connectivity index (χ3v) is 3.91. The Morgan fingerprint density at radius 1 is 1.22 bits per heavy atom. The average Bonchev–Trinajstić information content (AvgIpc) is 2.86. The minimum atomic E-state index is -0.198. The minimum Gasteiger partial charge on any atom is -0.324 e. The molecule has 1 heterocycles. The van der Waals surface area contributed by atoms with Gasteiger partial charge in [-0.05, 0) is 31.9 Å². The topological polar surface area (TPSA) is 88.9 Å². The SMILES string of the molecule is Cc1ccc(NC(=O)Cn2cc(NC(=O)C3CCC3)nn2)cc1. The summed E-state index contributed by atoms with van der Waals surface area (Å²) in [5.41, 5.74) is 1.87. The Morgan fingerprint density at radius 2 is 1.96 bits per heavy atom. The zero-order valence-electron chi connectivity index (χ0n) is 13.0. The predicted octanol–water partition coefficient (Wildman–Crippen LogP) is 1.96. The molecule has 0 spiro atoms. The summed E-state index contributed by atoms with van der Waals surface area (Å²) in [4.78, 5) is 23.8. The van der Waals surface area contributed by atoms with Crippen LogP contribution in [0.1, 0.15) is 24.8 Å². The zero-order chi connectivity index (χ0) is 16.2. The van der Waals surface area contributed by atoms with Gasteiger partial charge in [-0.15, -0.1) is 5.10 Å². The number of hydrogen-bond acceptors (Lipinski definition) is 4. The fourth-order valence-corrected chi connectivity index (χ4v) is 2.32. The van der Waals surface area contributed by atoms with Gasteiger partial charge in [0.15, 0.2) is 5.82 Å². The van der Waals surface area contributed by atoms with Gasteiger partial charge in [0.1, 0.15) is 6.54 Å². The second-order valence-corrected chi connectivity index (χ2v) is 5.83. The maximum atomic E-state index is 12.0. The quantitative estimate of drug-likeness (QED) is 0.883. The van der Waals surface area contributed by atoms with Crippen molar-refractivity contribution in [2.45, 2.75) is 32.7 Å². The number of rotatable bonds is 5. The van der Waals surface area contributed by atoms with Crippen LogP contribution in [0.4, 0.5) is 11.5 Å². The van der Waals surface area contributed by atoms with E-state index < -0.39 is 0 Å². The predicted molar refractivity (Wildman–Crippen MR) is 85.8 cm³/mol. The highest BCUT2D eigenvalue weighted by atomic mass is 16.2. The first-order valence-corrected chi connectivity index (χ1v) is 7.68. The molecule has 2 N–H and O–H groups in total. The van der Waals surface area contributed by atoms with Crippen LogP contribution >= 0.6 is 0 Å².